The highest BCUT2D eigenvalue weighted by Crippen LogP contribution is 2.25. The number of piperazine rings is 1. The number of primary amides is 1. The summed E-state index contributed by atoms with van der Waals surface area (Å²) >= 11 is 0. The van der Waals surface area contributed by atoms with Crippen molar-refractivity contribution >= 4 is 15.9 Å². The number of hydrogen-bond acceptors (Lipinski definition) is 5. The molecule has 0 atom stereocenters. The number of nitrogens with zero attached hydrogens (tertiary/aromatic N) is 2. The van der Waals surface area contributed by atoms with Crippen molar-refractivity contribution in [3.63, 3.8) is 0 Å². The number of likely N-dealkylation sites (N-methyl/N-ethyl adjacent to an activating group) is 1. The Bertz CT molecular complexity index is 667. The first-order valence-electron chi connectivity index (χ1n) is 7.69. The Kier molecular flexibility index (Phi) is 5.61. The van der Waals surface area contributed by atoms with Crippen molar-refractivity contribution in [2.45, 2.75) is 18.7 Å². The molecule has 0 saturated carbocycles. The third-order valence-electron chi connectivity index (χ3n) is 3.93. The molecule has 1 amide bonds. The fraction of sp³-hybridized carbons (Fsp3) is 0.533. The number of benzene rings is 1. The van der Waals surface area contributed by atoms with Gasteiger partial charge in [-0.05, 0) is 31.7 Å². The second kappa shape index (κ2) is 7.29. The van der Waals surface area contributed by atoms with Gasteiger partial charge in [-0.2, -0.15) is 4.31 Å². The van der Waals surface area contributed by atoms with Gasteiger partial charge in [-0.25, -0.2) is 8.42 Å². The van der Waals surface area contributed by atoms with Gasteiger partial charge in [0.25, 0.3) is 5.91 Å². The first-order chi connectivity index (χ1) is 10.9. The number of amides is 1. The summed E-state index contributed by atoms with van der Waals surface area (Å²) in [4.78, 5) is 13.8. The summed E-state index contributed by atoms with van der Waals surface area (Å²) in [7, 11) is -3.64. The van der Waals surface area contributed by atoms with Crippen LogP contribution in [0.4, 0.5) is 0 Å². The number of hydrogen-bond donors (Lipinski definition) is 1. The quantitative estimate of drug-likeness (QED) is 0.814. The Balaban J connectivity index is 2.29. The predicted octanol–water partition coefficient (Wildman–Crippen LogP) is 0.510. The van der Waals surface area contributed by atoms with Gasteiger partial charge in [-0.15, -0.1) is 0 Å². The normalized spacial score (nSPS) is 17.1. The van der Waals surface area contributed by atoms with E-state index in [0.717, 1.165) is 6.54 Å². The van der Waals surface area contributed by atoms with Crippen LogP contribution in [-0.2, 0) is 10.0 Å². The molecular weight excluding hydrogens is 318 g/mol. The molecule has 1 heterocycles. The van der Waals surface area contributed by atoms with Gasteiger partial charge in [0.2, 0.25) is 10.0 Å². The van der Waals surface area contributed by atoms with Crippen LogP contribution in [0.25, 0.3) is 0 Å². The van der Waals surface area contributed by atoms with Crippen LogP contribution >= 0.6 is 0 Å². The molecule has 2 N–H and O–H groups in total. The van der Waals surface area contributed by atoms with Gasteiger partial charge in [0.1, 0.15) is 5.75 Å². The molecule has 0 spiro atoms. The topological polar surface area (TPSA) is 92.9 Å². The zero-order valence-corrected chi connectivity index (χ0v) is 14.3. The lowest BCUT2D eigenvalue weighted by molar-refractivity contribution is 0.0996. The smallest absolute Gasteiger partial charge is 0.252 e. The lowest BCUT2D eigenvalue weighted by atomic mass is 10.2. The zero-order valence-electron chi connectivity index (χ0n) is 13.5. The van der Waals surface area contributed by atoms with E-state index in [4.69, 9.17) is 10.5 Å². The average molecular weight is 341 g/mol. The largest absolute Gasteiger partial charge is 0.493 e. The lowest BCUT2D eigenvalue weighted by Crippen LogP contribution is -2.48. The first kappa shape index (κ1) is 17.7. The van der Waals surface area contributed by atoms with E-state index in [1.54, 1.807) is 6.92 Å². The third kappa shape index (κ3) is 3.82. The molecule has 0 aliphatic carbocycles. The second-order valence-corrected chi connectivity index (χ2v) is 7.23. The summed E-state index contributed by atoms with van der Waals surface area (Å²) in [5, 5.41) is 0. The Morgan fingerprint density at radius 2 is 1.87 bits per heavy atom. The molecule has 1 fully saturated rings. The molecule has 1 saturated heterocycles. The van der Waals surface area contributed by atoms with E-state index < -0.39 is 15.9 Å². The molecule has 0 radical (unpaired) electrons. The highest BCUT2D eigenvalue weighted by atomic mass is 32.2. The number of nitrogens with two attached hydrogens (primary N) is 1. The number of ether oxygens (including phenoxy) is 1. The van der Waals surface area contributed by atoms with Crippen LogP contribution in [0.5, 0.6) is 5.75 Å². The Hall–Kier alpha value is -1.64. The van der Waals surface area contributed by atoms with Crippen molar-refractivity contribution in [2.24, 2.45) is 5.73 Å². The second-order valence-electron chi connectivity index (χ2n) is 5.29. The standard InChI is InChI=1S/C15H23N3O4S/c1-3-17-7-9-18(10-8-17)23(20,21)12-5-6-14(22-4-2)13(11-12)15(16)19/h5-6,11H,3-4,7-10H2,1-2H3,(H2,16,19). The summed E-state index contributed by atoms with van der Waals surface area (Å²) in [6.07, 6.45) is 0. The highest BCUT2D eigenvalue weighted by Gasteiger charge is 2.29. The third-order valence-corrected chi connectivity index (χ3v) is 5.83. The lowest BCUT2D eigenvalue weighted by Gasteiger charge is -2.33. The van der Waals surface area contributed by atoms with E-state index in [-0.39, 0.29) is 10.5 Å². The fourth-order valence-electron chi connectivity index (χ4n) is 2.58. The summed E-state index contributed by atoms with van der Waals surface area (Å²) in [6, 6.07) is 4.24. The van der Waals surface area contributed by atoms with Gasteiger partial charge < -0.3 is 15.4 Å². The molecular formula is C15H23N3O4S. The summed E-state index contributed by atoms with van der Waals surface area (Å²) in [5.41, 5.74) is 5.42. The molecule has 0 unspecified atom stereocenters. The molecule has 1 aliphatic rings. The summed E-state index contributed by atoms with van der Waals surface area (Å²) in [6.45, 7) is 7.39. The van der Waals surface area contributed by atoms with Crippen molar-refractivity contribution < 1.29 is 17.9 Å². The van der Waals surface area contributed by atoms with Crippen LogP contribution in [0.1, 0.15) is 24.2 Å². The molecule has 128 valence electrons. The minimum atomic E-state index is -3.64. The number of carbonyl (C=O) groups excluding carboxylic acids is 1. The van der Waals surface area contributed by atoms with E-state index in [0.29, 0.717) is 38.5 Å². The maximum Gasteiger partial charge on any atom is 0.252 e. The van der Waals surface area contributed by atoms with Crippen molar-refractivity contribution in [1.29, 1.82) is 0 Å². The predicted molar refractivity (Wildman–Crippen MR) is 87.0 cm³/mol. The fourth-order valence-corrected chi connectivity index (χ4v) is 4.03. The summed E-state index contributed by atoms with van der Waals surface area (Å²) < 4.78 is 32.2. The van der Waals surface area contributed by atoms with E-state index in [9.17, 15) is 13.2 Å². The van der Waals surface area contributed by atoms with Gasteiger partial charge in [-0.1, -0.05) is 6.92 Å². The number of rotatable bonds is 6. The Morgan fingerprint density at radius 1 is 1.22 bits per heavy atom. The molecule has 0 bridgehead atoms. The number of sulfonamides is 1. The van der Waals surface area contributed by atoms with Gasteiger partial charge in [0.15, 0.2) is 0 Å². The summed E-state index contributed by atoms with van der Waals surface area (Å²) in [5.74, 6) is -0.406. The highest BCUT2D eigenvalue weighted by molar-refractivity contribution is 7.89. The van der Waals surface area contributed by atoms with Crippen molar-refractivity contribution in [3.8, 4) is 5.75 Å². The van der Waals surface area contributed by atoms with Crippen molar-refractivity contribution in [2.75, 3.05) is 39.3 Å². The average Bonchev–Trinajstić information content (AvgIpc) is 2.55. The first-order valence-corrected chi connectivity index (χ1v) is 9.13. The Morgan fingerprint density at radius 3 is 2.39 bits per heavy atom. The van der Waals surface area contributed by atoms with Crippen LogP contribution in [0.15, 0.2) is 23.1 Å². The minimum absolute atomic E-state index is 0.0692. The van der Waals surface area contributed by atoms with Crippen LogP contribution in [0, 0.1) is 0 Å². The molecule has 1 aromatic rings. The molecule has 23 heavy (non-hydrogen) atoms. The minimum Gasteiger partial charge on any atom is -0.493 e. The number of carbonyl (C=O) groups is 1. The van der Waals surface area contributed by atoms with Crippen molar-refractivity contribution in [3.05, 3.63) is 23.8 Å². The van der Waals surface area contributed by atoms with E-state index in [1.807, 2.05) is 0 Å². The molecule has 0 aromatic heterocycles. The maximum atomic E-state index is 12.7. The van der Waals surface area contributed by atoms with Gasteiger partial charge in [0.05, 0.1) is 17.1 Å². The van der Waals surface area contributed by atoms with Crippen LogP contribution in [-0.4, -0.2) is 62.9 Å². The van der Waals surface area contributed by atoms with Crippen LogP contribution in [0.3, 0.4) is 0 Å². The van der Waals surface area contributed by atoms with Crippen LogP contribution in [0.2, 0.25) is 0 Å². The molecule has 7 nitrogen and oxygen atoms in total. The molecule has 1 aromatic carbocycles. The monoisotopic (exact) mass is 341 g/mol. The van der Waals surface area contributed by atoms with Gasteiger partial charge in [-0.3, -0.25) is 4.79 Å². The van der Waals surface area contributed by atoms with Gasteiger partial charge in [0, 0.05) is 26.2 Å². The maximum absolute atomic E-state index is 12.7. The molecule has 8 heteroatoms. The molecule has 2 rings (SSSR count). The SMILES string of the molecule is CCOc1ccc(S(=O)(=O)N2CCN(CC)CC2)cc1C(N)=O. The van der Waals surface area contributed by atoms with E-state index in [2.05, 4.69) is 11.8 Å². The van der Waals surface area contributed by atoms with Crippen molar-refractivity contribution in [1.82, 2.24) is 9.21 Å². The van der Waals surface area contributed by atoms with E-state index >= 15 is 0 Å². The van der Waals surface area contributed by atoms with Crippen LogP contribution < -0.4 is 10.5 Å². The van der Waals surface area contributed by atoms with Gasteiger partial charge >= 0.3 is 0 Å². The molecule has 1 aliphatic heterocycles. The Labute approximate surface area is 137 Å². The zero-order chi connectivity index (χ0) is 17.0. The van der Waals surface area contributed by atoms with E-state index in [1.165, 1.54) is 22.5 Å².